The normalized spacial score (nSPS) is 13.9. The van der Waals surface area contributed by atoms with Gasteiger partial charge in [0.1, 0.15) is 18.1 Å². The van der Waals surface area contributed by atoms with Gasteiger partial charge in [-0.3, -0.25) is 9.48 Å². The van der Waals surface area contributed by atoms with E-state index in [-0.39, 0.29) is 68.0 Å². The van der Waals surface area contributed by atoms with Gasteiger partial charge in [-0.25, -0.2) is 17.8 Å². The van der Waals surface area contributed by atoms with Crippen molar-refractivity contribution >= 4 is 15.7 Å². The Kier molecular flexibility index (Phi) is 8.42. The number of carbonyl (C=O) groups is 1. The standard InChI is InChI=1S/C32H24F6N4O7S/c1-15-40-28(17-5-7-25-26(10-17)49-32(37,38)48-25)29(47-15)20-8-16(18-9-22(33)21(13-43)27(11-18)50(3,45)46)4-6-19(20)24-12-23(41-42(24)2)30(44)39-14-31(34,35)36/h4-12,43H,13-14H2,1-3H3,(H,39,44). The van der Waals surface area contributed by atoms with Gasteiger partial charge in [-0.05, 0) is 53.6 Å². The van der Waals surface area contributed by atoms with Crippen LogP contribution in [0.3, 0.4) is 0 Å². The summed E-state index contributed by atoms with van der Waals surface area (Å²) in [5.74, 6) is -2.48. The van der Waals surface area contributed by atoms with Gasteiger partial charge >= 0.3 is 12.5 Å². The van der Waals surface area contributed by atoms with Crippen molar-refractivity contribution in [2.45, 2.75) is 30.9 Å². The highest BCUT2D eigenvalue weighted by molar-refractivity contribution is 7.90. The third kappa shape index (κ3) is 6.75. The molecule has 1 aliphatic heterocycles. The lowest BCUT2D eigenvalue weighted by Gasteiger charge is -2.14. The number of carbonyl (C=O) groups excluding carboxylic acids is 1. The van der Waals surface area contributed by atoms with Crippen molar-refractivity contribution in [2.24, 2.45) is 7.05 Å². The first-order valence-corrected chi connectivity index (χ1v) is 16.3. The molecule has 1 amide bonds. The number of ether oxygens (including phenoxy) is 2. The van der Waals surface area contributed by atoms with Crippen LogP contribution in [-0.2, 0) is 23.5 Å². The average Bonchev–Trinajstić information content (AvgIpc) is 3.70. The first kappa shape index (κ1) is 34.5. The number of aromatic nitrogens is 3. The third-order valence-electron chi connectivity index (χ3n) is 7.56. The maximum Gasteiger partial charge on any atom is 0.586 e. The number of rotatable bonds is 8. The van der Waals surface area contributed by atoms with E-state index in [2.05, 4.69) is 19.6 Å². The van der Waals surface area contributed by atoms with Crippen molar-refractivity contribution in [3.63, 3.8) is 0 Å². The molecule has 50 heavy (non-hydrogen) atoms. The number of aliphatic hydroxyl groups is 1. The van der Waals surface area contributed by atoms with Crippen LogP contribution in [0.1, 0.15) is 21.9 Å². The Labute approximate surface area is 279 Å². The number of nitrogens with zero attached hydrogens (tertiary/aromatic N) is 3. The van der Waals surface area contributed by atoms with Gasteiger partial charge in [0, 0.05) is 42.5 Å². The highest BCUT2D eigenvalue weighted by Gasteiger charge is 2.43. The predicted molar refractivity (Wildman–Crippen MR) is 163 cm³/mol. The maximum atomic E-state index is 15.2. The van der Waals surface area contributed by atoms with Crippen LogP contribution in [0.15, 0.2) is 63.9 Å². The zero-order valence-electron chi connectivity index (χ0n) is 26.0. The number of hydrogen-bond acceptors (Lipinski definition) is 9. The van der Waals surface area contributed by atoms with E-state index < -0.39 is 57.6 Å². The third-order valence-corrected chi connectivity index (χ3v) is 8.72. The van der Waals surface area contributed by atoms with Crippen LogP contribution in [0.5, 0.6) is 11.5 Å². The van der Waals surface area contributed by atoms with E-state index in [1.165, 1.54) is 67.2 Å². The number of aryl methyl sites for hydroxylation is 2. The number of oxazole rings is 1. The fourth-order valence-corrected chi connectivity index (χ4v) is 6.35. The number of benzene rings is 3. The van der Waals surface area contributed by atoms with Crippen molar-refractivity contribution < 1.29 is 58.6 Å². The minimum absolute atomic E-state index is 0.0324. The van der Waals surface area contributed by atoms with Crippen molar-refractivity contribution in [3.8, 4) is 56.5 Å². The molecule has 18 heteroatoms. The van der Waals surface area contributed by atoms with E-state index in [0.29, 0.717) is 0 Å². The zero-order valence-corrected chi connectivity index (χ0v) is 26.8. The molecule has 1 aliphatic rings. The summed E-state index contributed by atoms with van der Waals surface area (Å²) >= 11 is 0. The molecule has 2 N–H and O–H groups in total. The summed E-state index contributed by atoms with van der Waals surface area (Å²) in [4.78, 5) is 16.6. The molecular formula is C32H24F6N4O7S. The number of aliphatic hydroxyl groups excluding tert-OH is 1. The molecule has 3 aromatic carbocycles. The van der Waals surface area contributed by atoms with E-state index in [1.807, 2.05) is 0 Å². The number of amides is 1. The summed E-state index contributed by atoms with van der Waals surface area (Å²) in [7, 11) is -2.58. The molecule has 0 radical (unpaired) electrons. The Hall–Kier alpha value is -5.36. The fourth-order valence-electron chi connectivity index (χ4n) is 5.40. The van der Waals surface area contributed by atoms with E-state index >= 15 is 4.39 Å². The van der Waals surface area contributed by atoms with E-state index in [4.69, 9.17) is 4.42 Å². The Morgan fingerprint density at radius 2 is 1.68 bits per heavy atom. The minimum Gasteiger partial charge on any atom is -0.440 e. The average molecular weight is 723 g/mol. The summed E-state index contributed by atoms with van der Waals surface area (Å²) in [5.41, 5.74) is 0.564. The molecule has 0 aliphatic carbocycles. The molecule has 0 saturated heterocycles. The molecule has 11 nitrogen and oxygen atoms in total. The maximum absolute atomic E-state index is 15.2. The number of fused-ring (bicyclic) bond motifs is 1. The van der Waals surface area contributed by atoms with Gasteiger partial charge in [0.2, 0.25) is 0 Å². The predicted octanol–water partition coefficient (Wildman–Crippen LogP) is 6.03. The van der Waals surface area contributed by atoms with Gasteiger partial charge in [-0.2, -0.15) is 18.3 Å². The van der Waals surface area contributed by atoms with Crippen molar-refractivity contribution in [3.05, 3.63) is 77.6 Å². The molecule has 0 spiro atoms. The summed E-state index contributed by atoms with van der Waals surface area (Å²) < 4.78 is 122. The SMILES string of the molecule is Cc1nc(-c2ccc3c(c2)OC(F)(F)O3)c(-c2cc(-c3cc(F)c(CO)c(S(C)(=O)=O)c3)ccc2-c2cc(C(=O)NCC(F)(F)F)nn2C)o1. The lowest BCUT2D eigenvalue weighted by molar-refractivity contribution is -0.286. The van der Waals surface area contributed by atoms with Crippen LogP contribution >= 0.6 is 0 Å². The molecule has 3 heterocycles. The number of alkyl halides is 5. The second-order valence-corrected chi connectivity index (χ2v) is 13.2. The van der Waals surface area contributed by atoms with Crippen LogP contribution in [0.2, 0.25) is 0 Å². The summed E-state index contributed by atoms with van der Waals surface area (Å²) in [6, 6.07) is 11.8. The largest absolute Gasteiger partial charge is 0.586 e. The summed E-state index contributed by atoms with van der Waals surface area (Å²) in [6.07, 6.45) is -7.72. The quantitative estimate of drug-likeness (QED) is 0.183. The van der Waals surface area contributed by atoms with Gasteiger partial charge in [0.15, 0.2) is 38.7 Å². The Balaban J connectivity index is 1.55. The zero-order chi connectivity index (χ0) is 36.3. The van der Waals surface area contributed by atoms with Gasteiger partial charge in [0.25, 0.3) is 5.91 Å². The molecule has 0 atom stereocenters. The first-order valence-electron chi connectivity index (χ1n) is 14.4. The van der Waals surface area contributed by atoms with Crippen LogP contribution in [0.25, 0.3) is 45.0 Å². The number of halogens is 6. The molecule has 6 rings (SSSR count). The van der Waals surface area contributed by atoms with Crippen LogP contribution in [-0.4, -0.2) is 59.5 Å². The molecule has 0 unspecified atom stereocenters. The van der Waals surface area contributed by atoms with E-state index in [1.54, 1.807) is 5.32 Å². The summed E-state index contributed by atoms with van der Waals surface area (Å²) in [5, 5.41) is 15.5. The van der Waals surface area contributed by atoms with Gasteiger partial charge in [-0.1, -0.05) is 12.1 Å². The lowest BCUT2D eigenvalue weighted by Crippen LogP contribution is -2.33. The Morgan fingerprint density at radius 1 is 0.980 bits per heavy atom. The van der Waals surface area contributed by atoms with Crippen molar-refractivity contribution in [2.75, 3.05) is 12.8 Å². The molecule has 262 valence electrons. The lowest BCUT2D eigenvalue weighted by atomic mass is 9.93. The topological polar surface area (TPSA) is 146 Å². The molecule has 5 aromatic rings. The fraction of sp³-hybridized carbons (Fsp3) is 0.219. The minimum atomic E-state index is -4.67. The molecule has 0 bridgehead atoms. The van der Waals surface area contributed by atoms with Gasteiger partial charge in [0.05, 0.1) is 17.2 Å². The monoisotopic (exact) mass is 722 g/mol. The highest BCUT2D eigenvalue weighted by atomic mass is 32.2. The summed E-state index contributed by atoms with van der Waals surface area (Å²) in [6.45, 7) is -0.979. The smallest absolute Gasteiger partial charge is 0.440 e. The molecule has 2 aromatic heterocycles. The number of hydrogen-bond donors (Lipinski definition) is 2. The second kappa shape index (κ2) is 12.2. The van der Waals surface area contributed by atoms with E-state index in [0.717, 1.165) is 12.3 Å². The van der Waals surface area contributed by atoms with Crippen LogP contribution in [0.4, 0.5) is 26.3 Å². The van der Waals surface area contributed by atoms with Crippen molar-refractivity contribution in [1.82, 2.24) is 20.1 Å². The Bertz CT molecular complexity index is 2280. The number of nitrogens with one attached hydrogen (secondary N) is 1. The van der Waals surface area contributed by atoms with E-state index in [9.17, 15) is 40.3 Å². The van der Waals surface area contributed by atoms with Gasteiger partial charge in [-0.15, -0.1) is 8.78 Å². The van der Waals surface area contributed by atoms with Crippen LogP contribution < -0.4 is 14.8 Å². The van der Waals surface area contributed by atoms with Gasteiger partial charge < -0.3 is 24.3 Å². The first-order chi connectivity index (χ1) is 23.3. The molecule has 0 fully saturated rings. The molecule has 0 saturated carbocycles. The number of sulfone groups is 1. The van der Waals surface area contributed by atoms with Crippen LogP contribution in [0, 0.1) is 12.7 Å². The van der Waals surface area contributed by atoms with Crippen molar-refractivity contribution in [1.29, 1.82) is 0 Å². The molecular weight excluding hydrogens is 698 g/mol. The Morgan fingerprint density at radius 3 is 2.36 bits per heavy atom. The highest BCUT2D eigenvalue weighted by Crippen LogP contribution is 2.46. The second-order valence-electron chi connectivity index (χ2n) is 11.2.